The third-order valence-corrected chi connectivity index (χ3v) is 5.25. The van der Waals surface area contributed by atoms with Gasteiger partial charge in [0, 0.05) is 12.5 Å². The van der Waals surface area contributed by atoms with Gasteiger partial charge in [-0.05, 0) is 67.9 Å². The van der Waals surface area contributed by atoms with Crippen LogP contribution in [0.4, 0.5) is 4.39 Å². The van der Waals surface area contributed by atoms with Crippen LogP contribution >= 0.6 is 0 Å². The molecule has 1 aliphatic heterocycles. The van der Waals surface area contributed by atoms with E-state index < -0.39 is 0 Å². The van der Waals surface area contributed by atoms with Crippen LogP contribution in [0.5, 0.6) is 5.75 Å². The van der Waals surface area contributed by atoms with Gasteiger partial charge >= 0.3 is 5.69 Å². The van der Waals surface area contributed by atoms with Gasteiger partial charge in [-0.3, -0.25) is 9.88 Å². The zero-order chi connectivity index (χ0) is 19.5. The average Bonchev–Trinajstić information content (AvgIpc) is 3.12. The maximum atomic E-state index is 13.0. The lowest BCUT2D eigenvalue weighted by atomic mass is 9.96. The fraction of sp³-hybridized carbons (Fsp3) is 0.333. The number of piperidine rings is 1. The Labute approximate surface area is 162 Å². The molecule has 0 spiro atoms. The standard InChI is InChI=1S/C21H23FN4O2/c1-28-19-8-6-18(7-9-19)26-21(27)23-20(24-26)16-10-12-25(13-11-16)14-15-2-4-17(22)5-3-15/h2-9,16H,10-14H2,1H3,(H,23,24,27). The Balaban J connectivity index is 1.40. The highest BCUT2D eigenvalue weighted by atomic mass is 19.1. The normalized spacial score (nSPS) is 15.6. The molecule has 1 aromatic heterocycles. The van der Waals surface area contributed by atoms with Crippen molar-refractivity contribution >= 4 is 0 Å². The summed E-state index contributed by atoms with van der Waals surface area (Å²) in [5, 5.41) is 4.53. The Kier molecular flexibility index (Phi) is 5.25. The van der Waals surface area contributed by atoms with E-state index in [2.05, 4.69) is 15.0 Å². The van der Waals surface area contributed by atoms with Gasteiger partial charge in [0.1, 0.15) is 17.4 Å². The Morgan fingerprint density at radius 1 is 1.11 bits per heavy atom. The van der Waals surface area contributed by atoms with E-state index in [0.717, 1.165) is 49.6 Å². The Morgan fingerprint density at radius 3 is 2.43 bits per heavy atom. The molecule has 0 radical (unpaired) electrons. The van der Waals surface area contributed by atoms with E-state index in [0.29, 0.717) is 5.69 Å². The van der Waals surface area contributed by atoms with E-state index in [1.165, 1.54) is 16.8 Å². The van der Waals surface area contributed by atoms with Crippen molar-refractivity contribution in [1.82, 2.24) is 19.7 Å². The minimum Gasteiger partial charge on any atom is -0.497 e. The molecule has 2 heterocycles. The zero-order valence-corrected chi connectivity index (χ0v) is 15.8. The largest absolute Gasteiger partial charge is 0.497 e. The Hall–Kier alpha value is -2.93. The monoisotopic (exact) mass is 382 g/mol. The molecule has 0 unspecified atom stereocenters. The second-order valence-electron chi connectivity index (χ2n) is 7.10. The highest BCUT2D eigenvalue weighted by Crippen LogP contribution is 2.26. The van der Waals surface area contributed by atoms with Crippen LogP contribution in [0.2, 0.25) is 0 Å². The molecule has 4 rings (SSSR count). The molecular formula is C21H23FN4O2. The summed E-state index contributed by atoms with van der Waals surface area (Å²) in [4.78, 5) is 17.6. The van der Waals surface area contributed by atoms with E-state index in [1.807, 2.05) is 36.4 Å². The summed E-state index contributed by atoms with van der Waals surface area (Å²) in [5.74, 6) is 1.50. The summed E-state index contributed by atoms with van der Waals surface area (Å²) in [6.07, 6.45) is 1.85. The molecule has 146 valence electrons. The van der Waals surface area contributed by atoms with Crippen LogP contribution in [0.1, 0.15) is 30.1 Å². The van der Waals surface area contributed by atoms with Crippen LogP contribution in [0, 0.1) is 5.82 Å². The fourth-order valence-electron chi connectivity index (χ4n) is 3.64. The zero-order valence-electron chi connectivity index (χ0n) is 15.8. The molecule has 28 heavy (non-hydrogen) atoms. The van der Waals surface area contributed by atoms with Gasteiger partial charge in [-0.2, -0.15) is 4.68 Å². The third kappa shape index (κ3) is 3.99. The Bertz CT molecular complexity index is 971. The highest BCUT2D eigenvalue weighted by molar-refractivity contribution is 5.36. The molecule has 2 aromatic carbocycles. The molecule has 0 bridgehead atoms. The van der Waals surface area contributed by atoms with Gasteiger partial charge in [-0.25, -0.2) is 9.18 Å². The summed E-state index contributed by atoms with van der Waals surface area (Å²) in [6, 6.07) is 13.9. The number of nitrogens with zero attached hydrogens (tertiary/aromatic N) is 3. The lowest BCUT2D eigenvalue weighted by Gasteiger charge is -2.30. The number of rotatable bonds is 5. The molecule has 1 saturated heterocycles. The van der Waals surface area contributed by atoms with Crippen molar-refractivity contribution in [3.8, 4) is 11.4 Å². The molecule has 0 saturated carbocycles. The smallest absolute Gasteiger partial charge is 0.348 e. The van der Waals surface area contributed by atoms with Crippen molar-refractivity contribution in [3.05, 3.63) is 76.2 Å². The minimum absolute atomic E-state index is 0.209. The van der Waals surface area contributed by atoms with E-state index in [-0.39, 0.29) is 17.4 Å². The van der Waals surface area contributed by atoms with E-state index in [1.54, 1.807) is 7.11 Å². The molecule has 1 aliphatic rings. The van der Waals surface area contributed by atoms with Gasteiger partial charge in [-0.1, -0.05) is 12.1 Å². The first-order valence-electron chi connectivity index (χ1n) is 9.43. The quantitative estimate of drug-likeness (QED) is 0.737. The second-order valence-corrected chi connectivity index (χ2v) is 7.10. The van der Waals surface area contributed by atoms with Crippen molar-refractivity contribution in [2.45, 2.75) is 25.3 Å². The van der Waals surface area contributed by atoms with Gasteiger partial charge in [0.2, 0.25) is 0 Å². The molecule has 0 aliphatic carbocycles. The number of aromatic amines is 1. The van der Waals surface area contributed by atoms with Gasteiger partial charge in [-0.15, -0.1) is 5.10 Å². The van der Waals surface area contributed by atoms with Crippen molar-refractivity contribution in [3.63, 3.8) is 0 Å². The third-order valence-electron chi connectivity index (χ3n) is 5.25. The maximum Gasteiger partial charge on any atom is 0.348 e. The number of halogens is 1. The number of hydrogen-bond donors (Lipinski definition) is 1. The molecule has 7 heteroatoms. The number of methoxy groups -OCH3 is 1. The molecule has 1 fully saturated rings. The van der Waals surface area contributed by atoms with Gasteiger partial charge in [0.05, 0.1) is 12.8 Å². The number of aromatic nitrogens is 3. The van der Waals surface area contributed by atoms with E-state index in [4.69, 9.17) is 4.74 Å². The van der Waals surface area contributed by atoms with Crippen LogP contribution in [-0.4, -0.2) is 39.9 Å². The van der Waals surface area contributed by atoms with Crippen molar-refractivity contribution < 1.29 is 9.13 Å². The average molecular weight is 382 g/mol. The molecule has 0 atom stereocenters. The lowest BCUT2D eigenvalue weighted by molar-refractivity contribution is 0.201. The molecule has 3 aromatic rings. The van der Waals surface area contributed by atoms with Gasteiger partial charge in [0.15, 0.2) is 0 Å². The summed E-state index contributed by atoms with van der Waals surface area (Å²) >= 11 is 0. The van der Waals surface area contributed by atoms with Crippen LogP contribution in [0.3, 0.4) is 0 Å². The molecular weight excluding hydrogens is 359 g/mol. The number of hydrogen-bond acceptors (Lipinski definition) is 4. The van der Waals surface area contributed by atoms with Crippen LogP contribution in [-0.2, 0) is 6.54 Å². The van der Waals surface area contributed by atoms with E-state index in [9.17, 15) is 9.18 Å². The van der Waals surface area contributed by atoms with Gasteiger partial charge < -0.3 is 4.74 Å². The summed E-state index contributed by atoms with van der Waals surface area (Å²) in [5.41, 5.74) is 1.59. The van der Waals surface area contributed by atoms with Crippen molar-refractivity contribution in [2.24, 2.45) is 0 Å². The lowest BCUT2D eigenvalue weighted by Crippen LogP contribution is -2.32. The number of ether oxygens (including phenoxy) is 1. The highest BCUT2D eigenvalue weighted by Gasteiger charge is 2.24. The minimum atomic E-state index is -0.228. The summed E-state index contributed by atoms with van der Waals surface area (Å²) in [7, 11) is 1.61. The van der Waals surface area contributed by atoms with Gasteiger partial charge in [0.25, 0.3) is 0 Å². The predicted octanol–water partition coefficient (Wildman–Crippen LogP) is 3.09. The first-order chi connectivity index (χ1) is 13.6. The maximum absolute atomic E-state index is 13.0. The number of nitrogens with one attached hydrogen (secondary N) is 1. The number of H-pyrrole nitrogens is 1. The molecule has 0 amide bonds. The summed E-state index contributed by atoms with van der Waals surface area (Å²) < 4.78 is 19.6. The van der Waals surface area contributed by atoms with Crippen LogP contribution in [0.15, 0.2) is 53.3 Å². The topological polar surface area (TPSA) is 63.1 Å². The fourth-order valence-corrected chi connectivity index (χ4v) is 3.64. The van der Waals surface area contributed by atoms with E-state index >= 15 is 0 Å². The molecule has 6 nitrogen and oxygen atoms in total. The molecule has 1 N–H and O–H groups in total. The second kappa shape index (κ2) is 7.98. The Morgan fingerprint density at radius 2 is 1.79 bits per heavy atom. The number of benzene rings is 2. The van der Waals surface area contributed by atoms with Crippen LogP contribution < -0.4 is 10.4 Å². The first-order valence-corrected chi connectivity index (χ1v) is 9.43. The first kappa shape index (κ1) is 18.4. The van der Waals surface area contributed by atoms with Crippen LogP contribution in [0.25, 0.3) is 5.69 Å². The van der Waals surface area contributed by atoms with Crippen molar-refractivity contribution in [2.75, 3.05) is 20.2 Å². The summed E-state index contributed by atoms with van der Waals surface area (Å²) in [6.45, 7) is 2.64. The number of likely N-dealkylation sites (tertiary alicyclic amines) is 1. The van der Waals surface area contributed by atoms with Crippen molar-refractivity contribution in [1.29, 1.82) is 0 Å². The SMILES string of the molecule is COc1ccc(-n2nc(C3CCN(Cc4ccc(F)cc4)CC3)[nH]c2=O)cc1. The predicted molar refractivity (Wildman–Crippen MR) is 104 cm³/mol.